The first-order chi connectivity index (χ1) is 9.72. The highest BCUT2D eigenvalue weighted by Gasteiger charge is 2.26. The molecule has 118 valence electrons. The predicted octanol–water partition coefficient (Wildman–Crippen LogP) is 0.907. The van der Waals surface area contributed by atoms with Crippen LogP contribution in [0, 0.1) is 11.7 Å². The molecule has 0 aromatic heterocycles. The van der Waals surface area contributed by atoms with E-state index in [0.29, 0.717) is 0 Å². The Morgan fingerprint density at radius 1 is 1.43 bits per heavy atom. The fourth-order valence-electron chi connectivity index (χ4n) is 1.58. The van der Waals surface area contributed by atoms with Crippen molar-refractivity contribution in [2.45, 2.75) is 24.8 Å². The molecule has 0 saturated carbocycles. The average molecular weight is 319 g/mol. The monoisotopic (exact) mass is 319 g/mol. The van der Waals surface area contributed by atoms with Crippen LogP contribution in [0.4, 0.5) is 4.39 Å². The van der Waals surface area contributed by atoms with Crippen LogP contribution >= 0.6 is 0 Å². The van der Waals surface area contributed by atoms with Gasteiger partial charge in [-0.05, 0) is 31.0 Å². The summed E-state index contributed by atoms with van der Waals surface area (Å²) in [5, 5.41) is 9.03. The van der Waals surface area contributed by atoms with Gasteiger partial charge in [-0.25, -0.2) is 22.3 Å². The number of aliphatic hydroxyl groups is 1. The first-order valence-electron chi connectivity index (χ1n) is 6.24. The molecule has 6 nitrogen and oxygen atoms in total. The van der Waals surface area contributed by atoms with Crippen molar-refractivity contribution in [3.05, 3.63) is 29.6 Å². The molecule has 0 fully saturated rings. The number of carbonyl (C=O) groups is 1. The lowest BCUT2D eigenvalue weighted by atomic mass is 10.1. The maximum Gasteiger partial charge on any atom is 0.339 e. The van der Waals surface area contributed by atoms with Crippen LogP contribution in [0.2, 0.25) is 0 Å². The Morgan fingerprint density at radius 2 is 2.05 bits per heavy atom. The first-order valence-corrected chi connectivity index (χ1v) is 7.72. The Bertz CT molecular complexity index is 617. The van der Waals surface area contributed by atoms with Gasteiger partial charge in [-0.1, -0.05) is 6.92 Å². The Kier molecular flexibility index (Phi) is 5.82. The highest BCUT2D eigenvalue weighted by molar-refractivity contribution is 7.89. The Morgan fingerprint density at radius 3 is 2.57 bits per heavy atom. The van der Waals surface area contributed by atoms with E-state index in [-0.39, 0.29) is 18.1 Å². The smallest absolute Gasteiger partial charge is 0.339 e. The highest BCUT2D eigenvalue weighted by Crippen LogP contribution is 2.19. The zero-order chi connectivity index (χ0) is 16.2. The Labute approximate surface area is 123 Å². The summed E-state index contributed by atoms with van der Waals surface area (Å²) in [5.41, 5.74) is -0.254. The lowest BCUT2D eigenvalue weighted by Gasteiger charge is -2.20. The van der Waals surface area contributed by atoms with E-state index >= 15 is 0 Å². The van der Waals surface area contributed by atoms with Gasteiger partial charge in [0, 0.05) is 12.6 Å². The van der Waals surface area contributed by atoms with Crippen LogP contribution in [-0.2, 0) is 14.8 Å². The van der Waals surface area contributed by atoms with E-state index in [1.54, 1.807) is 13.8 Å². The van der Waals surface area contributed by atoms with E-state index in [0.717, 1.165) is 25.3 Å². The van der Waals surface area contributed by atoms with Crippen molar-refractivity contribution in [2.75, 3.05) is 13.7 Å². The van der Waals surface area contributed by atoms with Crippen LogP contribution in [0.3, 0.4) is 0 Å². The van der Waals surface area contributed by atoms with Crippen LogP contribution in [0.15, 0.2) is 23.1 Å². The minimum absolute atomic E-state index is 0.212. The van der Waals surface area contributed by atoms with Gasteiger partial charge in [-0.2, -0.15) is 0 Å². The van der Waals surface area contributed by atoms with E-state index in [4.69, 9.17) is 5.11 Å². The van der Waals surface area contributed by atoms with Gasteiger partial charge in [0.2, 0.25) is 10.0 Å². The largest absolute Gasteiger partial charge is 0.465 e. The van der Waals surface area contributed by atoms with Crippen molar-refractivity contribution in [3.63, 3.8) is 0 Å². The lowest BCUT2D eigenvalue weighted by Crippen LogP contribution is -2.38. The summed E-state index contributed by atoms with van der Waals surface area (Å²) in [6.45, 7) is 3.01. The number of ether oxygens (including phenoxy) is 1. The molecule has 21 heavy (non-hydrogen) atoms. The van der Waals surface area contributed by atoms with Gasteiger partial charge >= 0.3 is 5.97 Å². The summed E-state index contributed by atoms with van der Waals surface area (Å²) in [4.78, 5) is 11.1. The maximum atomic E-state index is 13.3. The molecule has 0 heterocycles. The zero-order valence-corrected chi connectivity index (χ0v) is 12.8. The number of methoxy groups -OCH3 is 1. The van der Waals surface area contributed by atoms with Gasteiger partial charge < -0.3 is 9.84 Å². The number of carbonyl (C=O) groups excluding carboxylic acids is 1. The fraction of sp³-hybridized carbons (Fsp3) is 0.462. The van der Waals surface area contributed by atoms with E-state index in [2.05, 4.69) is 9.46 Å². The van der Waals surface area contributed by atoms with E-state index in [1.165, 1.54) is 0 Å². The second kappa shape index (κ2) is 6.97. The van der Waals surface area contributed by atoms with Gasteiger partial charge in [0.15, 0.2) is 0 Å². The summed E-state index contributed by atoms with van der Waals surface area (Å²) in [6.07, 6.45) is 0. The Balaban J connectivity index is 3.24. The van der Waals surface area contributed by atoms with Crippen LogP contribution in [0.25, 0.3) is 0 Å². The third-order valence-corrected chi connectivity index (χ3v) is 4.72. The second-order valence-corrected chi connectivity index (χ2v) is 6.38. The summed E-state index contributed by atoms with van der Waals surface area (Å²) < 4.78 is 44.7. The van der Waals surface area contributed by atoms with Gasteiger partial charge in [0.05, 0.1) is 17.6 Å². The summed E-state index contributed by atoms with van der Waals surface area (Å²) in [5.74, 6) is -2.00. The van der Waals surface area contributed by atoms with Crippen molar-refractivity contribution >= 4 is 16.0 Å². The number of hydrogen-bond acceptors (Lipinski definition) is 5. The van der Waals surface area contributed by atoms with Gasteiger partial charge in [0.25, 0.3) is 0 Å². The molecule has 1 aromatic rings. The molecule has 0 aliphatic heterocycles. The van der Waals surface area contributed by atoms with Crippen molar-refractivity contribution in [1.29, 1.82) is 0 Å². The number of aliphatic hydroxyl groups excluding tert-OH is 1. The molecule has 1 rings (SSSR count). The minimum Gasteiger partial charge on any atom is -0.465 e. The maximum absolute atomic E-state index is 13.3. The third-order valence-electron chi connectivity index (χ3n) is 3.12. The molecule has 0 spiro atoms. The van der Waals surface area contributed by atoms with Crippen molar-refractivity contribution in [2.24, 2.45) is 5.92 Å². The number of nitrogens with one attached hydrogen (secondary N) is 1. The molecule has 0 aliphatic rings. The minimum atomic E-state index is -4.12. The third kappa shape index (κ3) is 4.23. The molecule has 0 aliphatic carbocycles. The van der Waals surface area contributed by atoms with Crippen molar-refractivity contribution in [1.82, 2.24) is 4.72 Å². The van der Waals surface area contributed by atoms with Crippen LogP contribution < -0.4 is 4.72 Å². The first kappa shape index (κ1) is 17.5. The van der Waals surface area contributed by atoms with E-state index in [1.807, 2.05) is 0 Å². The highest BCUT2D eigenvalue weighted by atomic mass is 32.2. The van der Waals surface area contributed by atoms with Crippen LogP contribution in [-0.4, -0.2) is 39.3 Å². The molecule has 0 saturated heterocycles. The number of sulfonamides is 1. The number of hydrogen-bond donors (Lipinski definition) is 2. The topological polar surface area (TPSA) is 92.7 Å². The SMILES string of the molecule is COC(=O)c1ccc(F)cc1S(=O)(=O)NC(C)C(C)CO. The van der Waals surface area contributed by atoms with Crippen LogP contribution in [0.1, 0.15) is 24.2 Å². The van der Waals surface area contributed by atoms with Gasteiger partial charge in [-0.15, -0.1) is 0 Å². The molecule has 0 radical (unpaired) electrons. The van der Waals surface area contributed by atoms with Gasteiger partial charge in [0.1, 0.15) is 5.82 Å². The van der Waals surface area contributed by atoms with E-state index < -0.39 is 32.7 Å². The van der Waals surface area contributed by atoms with Crippen molar-refractivity contribution < 1.29 is 27.4 Å². The molecule has 2 atom stereocenters. The zero-order valence-electron chi connectivity index (χ0n) is 12.0. The normalized spacial score (nSPS) is 14.5. The number of benzene rings is 1. The molecule has 8 heteroatoms. The number of rotatable bonds is 6. The summed E-state index contributed by atoms with van der Waals surface area (Å²) >= 11 is 0. The fourth-order valence-corrected chi connectivity index (χ4v) is 3.14. The van der Waals surface area contributed by atoms with Crippen LogP contribution in [0.5, 0.6) is 0 Å². The molecular formula is C13H18FNO5S. The lowest BCUT2D eigenvalue weighted by molar-refractivity contribution is 0.0596. The molecule has 2 N–H and O–H groups in total. The van der Waals surface area contributed by atoms with Crippen molar-refractivity contribution in [3.8, 4) is 0 Å². The quantitative estimate of drug-likeness (QED) is 0.760. The Hall–Kier alpha value is -1.51. The molecule has 2 unspecified atom stereocenters. The number of esters is 1. The van der Waals surface area contributed by atoms with Gasteiger partial charge in [-0.3, -0.25) is 0 Å². The molecule has 1 aromatic carbocycles. The second-order valence-electron chi connectivity index (χ2n) is 4.70. The summed E-state index contributed by atoms with van der Waals surface area (Å²) in [6, 6.07) is 2.19. The summed E-state index contributed by atoms with van der Waals surface area (Å²) in [7, 11) is -3.02. The predicted molar refractivity (Wildman–Crippen MR) is 73.8 cm³/mol. The average Bonchev–Trinajstić information content (AvgIpc) is 2.44. The molecular weight excluding hydrogens is 301 g/mol. The number of halogens is 1. The molecule has 0 bridgehead atoms. The van der Waals surface area contributed by atoms with E-state index in [9.17, 15) is 17.6 Å². The molecule has 0 amide bonds. The standard InChI is InChI=1S/C13H18FNO5S/c1-8(7-16)9(2)15-21(18,19)12-6-10(14)4-5-11(12)13(17)20-3/h4-6,8-9,15-16H,7H2,1-3H3.